The average molecular weight is 302 g/mol. The van der Waals surface area contributed by atoms with Crippen LogP contribution in [0.1, 0.15) is 23.7 Å². The van der Waals surface area contributed by atoms with E-state index in [1.807, 2.05) is 25.1 Å². The van der Waals surface area contributed by atoms with Gasteiger partial charge in [-0.15, -0.1) is 0 Å². The second-order valence-corrected chi connectivity index (χ2v) is 6.24. The summed E-state index contributed by atoms with van der Waals surface area (Å²) in [6.07, 6.45) is 0.525. The number of methoxy groups -OCH3 is 1. The largest absolute Gasteiger partial charge is 0.497 e. The molecule has 21 heavy (non-hydrogen) atoms. The van der Waals surface area contributed by atoms with Crippen molar-refractivity contribution in [2.24, 2.45) is 0 Å². The van der Waals surface area contributed by atoms with E-state index in [9.17, 15) is 9.00 Å². The van der Waals surface area contributed by atoms with Gasteiger partial charge in [0.1, 0.15) is 11.0 Å². The number of hydrogen-bond acceptors (Lipinski definition) is 3. The van der Waals surface area contributed by atoms with Crippen molar-refractivity contribution in [2.45, 2.75) is 23.5 Å². The van der Waals surface area contributed by atoms with Crippen LogP contribution in [0, 0.1) is 0 Å². The van der Waals surface area contributed by atoms with Crippen molar-refractivity contribution in [3.63, 3.8) is 0 Å². The lowest BCUT2D eigenvalue weighted by Gasteiger charge is -2.14. The van der Waals surface area contributed by atoms with Crippen molar-refractivity contribution >= 4 is 16.6 Å². The molecule has 0 saturated carbocycles. The van der Waals surface area contributed by atoms with Crippen molar-refractivity contribution in [3.8, 4) is 5.75 Å². The maximum Gasteiger partial charge on any atom is 0.178 e. The standard InChI is InChI=1S/C17H18O3S/c1-3-16(17(18)13-8-5-4-6-9-13)21(19)15-11-7-10-14(12-15)20-2/h4-12,16H,3H2,1-2H3. The molecule has 3 nitrogen and oxygen atoms in total. The number of ether oxygens (including phenoxy) is 1. The van der Waals surface area contributed by atoms with Crippen LogP contribution in [0.3, 0.4) is 0 Å². The molecule has 2 aromatic carbocycles. The van der Waals surface area contributed by atoms with Gasteiger partial charge in [0, 0.05) is 10.5 Å². The van der Waals surface area contributed by atoms with Crippen LogP contribution in [0.5, 0.6) is 5.75 Å². The van der Waals surface area contributed by atoms with Crippen LogP contribution in [0.15, 0.2) is 59.5 Å². The number of carbonyl (C=O) groups excluding carboxylic acids is 1. The Labute approximate surface area is 127 Å². The first-order valence-electron chi connectivity index (χ1n) is 6.81. The van der Waals surface area contributed by atoms with Crippen LogP contribution >= 0.6 is 0 Å². The van der Waals surface area contributed by atoms with Gasteiger partial charge in [-0.1, -0.05) is 43.3 Å². The molecule has 0 radical (unpaired) electrons. The Balaban J connectivity index is 2.28. The maximum absolute atomic E-state index is 12.7. The van der Waals surface area contributed by atoms with Crippen molar-refractivity contribution in [1.29, 1.82) is 0 Å². The summed E-state index contributed by atoms with van der Waals surface area (Å²) in [5.41, 5.74) is 0.598. The van der Waals surface area contributed by atoms with E-state index in [1.54, 1.807) is 43.5 Å². The summed E-state index contributed by atoms with van der Waals surface area (Å²) in [7, 11) is 0.171. The molecule has 0 aliphatic heterocycles. The highest BCUT2D eigenvalue weighted by Gasteiger charge is 2.25. The Morgan fingerprint density at radius 3 is 2.48 bits per heavy atom. The monoisotopic (exact) mass is 302 g/mol. The number of Topliss-reactive ketones (excluding diaryl/α,β-unsaturated/α-hetero) is 1. The molecule has 0 bridgehead atoms. The van der Waals surface area contributed by atoms with Crippen LogP contribution in [-0.4, -0.2) is 22.4 Å². The first-order valence-corrected chi connectivity index (χ1v) is 8.02. The highest BCUT2D eigenvalue weighted by molar-refractivity contribution is 7.86. The fraction of sp³-hybridized carbons (Fsp3) is 0.235. The van der Waals surface area contributed by atoms with Gasteiger partial charge < -0.3 is 4.74 Å². The number of hydrogen-bond donors (Lipinski definition) is 0. The molecule has 2 rings (SSSR count). The summed E-state index contributed by atoms with van der Waals surface area (Å²) < 4.78 is 17.8. The lowest BCUT2D eigenvalue weighted by atomic mass is 10.1. The van der Waals surface area contributed by atoms with Crippen LogP contribution in [-0.2, 0) is 10.8 Å². The Hall–Kier alpha value is -1.94. The molecule has 0 aliphatic rings. The Morgan fingerprint density at radius 2 is 1.86 bits per heavy atom. The van der Waals surface area contributed by atoms with E-state index in [-0.39, 0.29) is 5.78 Å². The average Bonchev–Trinajstić information content (AvgIpc) is 2.56. The number of carbonyl (C=O) groups is 1. The van der Waals surface area contributed by atoms with E-state index in [2.05, 4.69) is 0 Å². The molecular weight excluding hydrogens is 284 g/mol. The van der Waals surface area contributed by atoms with Gasteiger partial charge in [0.05, 0.1) is 17.9 Å². The normalized spacial score (nSPS) is 13.4. The van der Waals surface area contributed by atoms with E-state index < -0.39 is 16.0 Å². The minimum absolute atomic E-state index is 0.0840. The van der Waals surface area contributed by atoms with E-state index in [1.165, 1.54) is 0 Å². The van der Waals surface area contributed by atoms with E-state index >= 15 is 0 Å². The Bertz CT molecular complexity index is 637. The summed E-state index contributed by atoms with van der Waals surface area (Å²) in [5, 5.41) is -0.542. The summed E-state index contributed by atoms with van der Waals surface area (Å²) in [5.74, 6) is 0.558. The lowest BCUT2D eigenvalue weighted by Crippen LogP contribution is -2.25. The van der Waals surface area contributed by atoms with Gasteiger partial charge in [0.25, 0.3) is 0 Å². The van der Waals surface area contributed by atoms with Gasteiger partial charge in [-0.2, -0.15) is 0 Å². The van der Waals surface area contributed by atoms with Gasteiger partial charge in [-0.05, 0) is 24.6 Å². The minimum atomic E-state index is -1.39. The van der Waals surface area contributed by atoms with Crippen LogP contribution in [0.25, 0.3) is 0 Å². The van der Waals surface area contributed by atoms with Crippen molar-refractivity contribution in [1.82, 2.24) is 0 Å². The molecular formula is C17H18O3S. The van der Waals surface area contributed by atoms with Crippen LogP contribution < -0.4 is 4.74 Å². The highest BCUT2D eigenvalue weighted by Crippen LogP contribution is 2.21. The molecule has 4 heteroatoms. The number of ketones is 1. The number of rotatable bonds is 6. The molecule has 0 amide bonds. The fourth-order valence-corrected chi connectivity index (χ4v) is 3.52. The second-order valence-electron chi connectivity index (χ2n) is 4.60. The molecule has 2 unspecified atom stereocenters. The van der Waals surface area contributed by atoms with Crippen LogP contribution in [0.2, 0.25) is 0 Å². The van der Waals surface area contributed by atoms with Gasteiger partial charge in [-0.25, -0.2) is 0 Å². The zero-order chi connectivity index (χ0) is 15.2. The Morgan fingerprint density at radius 1 is 1.14 bits per heavy atom. The summed E-state index contributed by atoms with van der Waals surface area (Å²) in [4.78, 5) is 13.1. The van der Waals surface area contributed by atoms with Gasteiger partial charge >= 0.3 is 0 Å². The molecule has 110 valence electrons. The van der Waals surface area contributed by atoms with E-state index in [0.29, 0.717) is 22.6 Å². The molecule has 2 atom stereocenters. The van der Waals surface area contributed by atoms with Gasteiger partial charge in [0.2, 0.25) is 0 Å². The fourth-order valence-electron chi connectivity index (χ4n) is 2.11. The summed E-state index contributed by atoms with van der Waals surface area (Å²) in [6.45, 7) is 1.88. The predicted octanol–water partition coefficient (Wildman–Crippen LogP) is 3.46. The first-order chi connectivity index (χ1) is 10.2. The molecule has 0 heterocycles. The summed E-state index contributed by atoms with van der Waals surface area (Å²) in [6, 6.07) is 16.1. The predicted molar refractivity (Wildman–Crippen MR) is 84.3 cm³/mol. The van der Waals surface area contributed by atoms with Crippen molar-refractivity contribution in [3.05, 3.63) is 60.2 Å². The topological polar surface area (TPSA) is 43.4 Å². The van der Waals surface area contributed by atoms with E-state index in [4.69, 9.17) is 4.74 Å². The van der Waals surface area contributed by atoms with Gasteiger partial charge in [0.15, 0.2) is 5.78 Å². The maximum atomic E-state index is 12.7. The molecule has 2 aromatic rings. The third kappa shape index (κ3) is 3.58. The van der Waals surface area contributed by atoms with Crippen LogP contribution in [0.4, 0.5) is 0 Å². The zero-order valence-corrected chi connectivity index (χ0v) is 12.9. The summed E-state index contributed by atoms with van der Waals surface area (Å²) >= 11 is 0. The molecule has 0 aromatic heterocycles. The van der Waals surface area contributed by atoms with E-state index in [0.717, 1.165) is 0 Å². The van der Waals surface area contributed by atoms with Crippen molar-refractivity contribution in [2.75, 3.05) is 7.11 Å². The third-order valence-electron chi connectivity index (χ3n) is 3.25. The van der Waals surface area contributed by atoms with Crippen molar-refractivity contribution < 1.29 is 13.7 Å². The quantitative estimate of drug-likeness (QED) is 0.767. The SMILES string of the molecule is CCC(C(=O)c1ccccc1)S(=O)c1cccc(OC)c1. The molecule has 0 saturated heterocycles. The highest BCUT2D eigenvalue weighted by atomic mass is 32.2. The Kier molecular flexibility index (Phi) is 5.28. The molecule has 0 aliphatic carbocycles. The molecule has 0 fully saturated rings. The number of benzene rings is 2. The third-order valence-corrected chi connectivity index (χ3v) is 5.04. The van der Waals surface area contributed by atoms with Gasteiger partial charge in [-0.3, -0.25) is 9.00 Å². The first kappa shape index (κ1) is 15.4. The lowest BCUT2D eigenvalue weighted by molar-refractivity contribution is 0.0986. The molecule has 0 spiro atoms. The molecule has 0 N–H and O–H groups in total. The zero-order valence-electron chi connectivity index (χ0n) is 12.1. The second kappa shape index (κ2) is 7.18. The smallest absolute Gasteiger partial charge is 0.178 e. The minimum Gasteiger partial charge on any atom is -0.497 e.